The zero-order chi connectivity index (χ0) is 17.1. The number of benzene rings is 2. The van der Waals surface area contributed by atoms with Crippen molar-refractivity contribution in [2.45, 2.75) is 33.0 Å². The highest BCUT2D eigenvalue weighted by Gasteiger charge is 2.30. The van der Waals surface area contributed by atoms with Gasteiger partial charge in [-0.1, -0.05) is 55.6 Å². The number of fused-ring (bicyclic) bond motifs is 1. The van der Waals surface area contributed by atoms with Gasteiger partial charge in [0.25, 0.3) is 0 Å². The molecular formula is C22H25NO. The number of hydrogen-bond donors (Lipinski definition) is 0. The number of nitrogens with zero attached hydrogens (tertiary/aromatic N) is 1. The first-order valence-corrected chi connectivity index (χ1v) is 8.41. The standard InChI is InChI=1S/C22H25NO/c1-5-17(3)24-15-22-21-12-7-6-10-20(21)14-23(22)13-19-11-8-9-16(2)18(19)4/h5-12,22H,1,3,13-15H2,2,4H3. The maximum Gasteiger partial charge on any atom is 0.111 e. The molecule has 1 unspecified atom stereocenters. The molecule has 0 aromatic heterocycles. The summed E-state index contributed by atoms with van der Waals surface area (Å²) in [6, 6.07) is 15.4. The van der Waals surface area contributed by atoms with Gasteiger partial charge in [0.05, 0.1) is 6.04 Å². The normalized spacial score (nSPS) is 16.7. The smallest absolute Gasteiger partial charge is 0.111 e. The summed E-state index contributed by atoms with van der Waals surface area (Å²) in [5.74, 6) is 0.631. The van der Waals surface area contributed by atoms with Crippen molar-refractivity contribution in [3.8, 4) is 0 Å². The zero-order valence-electron chi connectivity index (χ0n) is 14.6. The van der Waals surface area contributed by atoms with Gasteiger partial charge < -0.3 is 4.74 Å². The molecule has 124 valence electrons. The summed E-state index contributed by atoms with van der Waals surface area (Å²) in [5.41, 5.74) is 6.86. The van der Waals surface area contributed by atoms with Crippen LogP contribution in [0.2, 0.25) is 0 Å². The molecular weight excluding hydrogens is 294 g/mol. The van der Waals surface area contributed by atoms with E-state index in [1.54, 1.807) is 6.08 Å². The average Bonchev–Trinajstić information content (AvgIpc) is 2.94. The Kier molecular flexibility index (Phi) is 4.86. The molecule has 0 radical (unpaired) electrons. The first-order chi connectivity index (χ1) is 11.6. The van der Waals surface area contributed by atoms with Crippen LogP contribution in [-0.2, 0) is 17.8 Å². The van der Waals surface area contributed by atoms with E-state index in [-0.39, 0.29) is 6.04 Å². The molecule has 3 rings (SSSR count). The monoisotopic (exact) mass is 319 g/mol. The first kappa shape index (κ1) is 16.5. The Labute approximate surface area is 145 Å². The molecule has 24 heavy (non-hydrogen) atoms. The van der Waals surface area contributed by atoms with Crippen LogP contribution in [0.3, 0.4) is 0 Å². The molecule has 2 aromatic carbocycles. The summed E-state index contributed by atoms with van der Waals surface area (Å²) >= 11 is 0. The van der Waals surface area contributed by atoms with E-state index >= 15 is 0 Å². The Morgan fingerprint density at radius 2 is 2.00 bits per heavy atom. The minimum atomic E-state index is 0.248. The van der Waals surface area contributed by atoms with Crippen molar-refractivity contribution in [3.05, 3.63) is 95.3 Å². The van der Waals surface area contributed by atoms with Crippen molar-refractivity contribution in [2.75, 3.05) is 6.61 Å². The molecule has 0 bridgehead atoms. The lowest BCUT2D eigenvalue weighted by atomic mass is 10.0. The van der Waals surface area contributed by atoms with Gasteiger partial charge in [-0.25, -0.2) is 0 Å². The van der Waals surface area contributed by atoms with Gasteiger partial charge in [0, 0.05) is 13.1 Å². The van der Waals surface area contributed by atoms with Crippen molar-refractivity contribution < 1.29 is 4.74 Å². The van der Waals surface area contributed by atoms with Gasteiger partial charge >= 0.3 is 0 Å². The molecule has 0 spiro atoms. The lowest BCUT2D eigenvalue weighted by molar-refractivity contribution is 0.107. The van der Waals surface area contributed by atoms with Crippen molar-refractivity contribution in [3.63, 3.8) is 0 Å². The summed E-state index contributed by atoms with van der Waals surface area (Å²) in [4.78, 5) is 2.49. The largest absolute Gasteiger partial charge is 0.492 e. The predicted molar refractivity (Wildman–Crippen MR) is 99.6 cm³/mol. The van der Waals surface area contributed by atoms with E-state index in [1.165, 1.54) is 27.8 Å². The maximum absolute atomic E-state index is 5.80. The fraction of sp³-hybridized carbons (Fsp3) is 0.273. The lowest BCUT2D eigenvalue weighted by Crippen LogP contribution is -2.25. The molecule has 0 saturated heterocycles. The molecule has 2 nitrogen and oxygen atoms in total. The fourth-order valence-corrected chi connectivity index (χ4v) is 3.34. The van der Waals surface area contributed by atoms with Gasteiger partial charge in [0.1, 0.15) is 12.4 Å². The summed E-state index contributed by atoms with van der Waals surface area (Å²) < 4.78 is 5.80. The van der Waals surface area contributed by atoms with Crippen LogP contribution in [-0.4, -0.2) is 11.5 Å². The molecule has 1 aliphatic rings. The highest BCUT2D eigenvalue weighted by Crippen LogP contribution is 2.35. The fourth-order valence-electron chi connectivity index (χ4n) is 3.34. The van der Waals surface area contributed by atoms with Crippen LogP contribution in [0.1, 0.15) is 33.9 Å². The number of aryl methyl sites for hydroxylation is 1. The number of rotatable bonds is 6. The molecule has 2 heteroatoms. The van der Waals surface area contributed by atoms with Crippen molar-refractivity contribution in [2.24, 2.45) is 0 Å². The molecule has 0 saturated carbocycles. The van der Waals surface area contributed by atoms with Crippen LogP contribution in [0.5, 0.6) is 0 Å². The number of hydrogen-bond acceptors (Lipinski definition) is 2. The van der Waals surface area contributed by atoms with E-state index in [4.69, 9.17) is 4.74 Å². The minimum absolute atomic E-state index is 0.248. The highest BCUT2D eigenvalue weighted by molar-refractivity contribution is 5.37. The summed E-state index contributed by atoms with van der Waals surface area (Å²) in [6.45, 7) is 14.5. The van der Waals surface area contributed by atoms with Gasteiger partial charge in [-0.15, -0.1) is 0 Å². The van der Waals surface area contributed by atoms with Crippen LogP contribution < -0.4 is 0 Å². The summed E-state index contributed by atoms with van der Waals surface area (Å²) in [5, 5.41) is 0. The van der Waals surface area contributed by atoms with Crippen LogP contribution >= 0.6 is 0 Å². The summed E-state index contributed by atoms with van der Waals surface area (Å²) in [6.07, 6.45) is 1.66. The zero-order valence-corrected chi connectivity index (χ0v) is 14.6. The second kappa shape index (κ2) is 7.06. The number of allylic oxidation sites excluding steroid dienone is 1. The van der Waals surface area contributed by atoms with Crippen LogP contribution in [0.4, 0.5) is 0 Å². The topological polar surface area (TPSA) is 12.5 Å². The van der Waals surface area contributed by atoms with E-state index < -0.39 is 0 Å². The molecule has 0 amide bonds. The molecule has 0 fully saturated rings. The van der Waals surface area contributed by atoms with E-state index in [2.05, 4.69) is 74.4 Å². The van der Waals surface area contributed by atoms with E-state index in [9.17, 15) is 0 Å². The molecule has 0 aliphatic carbocycles. The maximum atomic E-state index is 5.80. The number of ether oxygens (including phenoxy) is 1. The first-order valence-electron chi connectivity index (χ1n) is 8.41. The second-order valence-electron chi connectivity index (χ2n) is 6.46. The van der Waals surface area contributed by atoms with Crippen molar-refractivity contribution in [1.29, 1.82) is 0 Å². The van der Waals surface area contributed by atoms with Gasteiger partial charge in [0.15, 0.2) is 0 Å². The van der Waals surface area contributed by atoms with Gasteiger partial charge in [0.2, 0.25) is 0 Å². The molecule has 1 aliphatic heterocycles. The van der Waals surface area contributed by atoms with E-state index in [0.29, 0.717) is 12.4 Å². The van der Waals surface area contributed by atoms with Crippen molar-refractivity contribution >= 4 is 0 Å². The van der Waals surface area contributed by atoms with E-state index in [1.807, 2.05) is 0 Å². The predicted octanol–water partition coefficient (Wildman–Crippen LogP) is 5.08. The highest BCUT2D eigenvalue weighted by atomic mass is 16.5. The Hall–Kier alpha value is -2.32. The van der Waals surface area contributed by atoms with Crippen molar-refractivity contribution in [1.82, 2.24) is 4.90 Å². The van der Waals surface area contributed by atoms with Gasteiger partial charge in [-0.2, -0.15) is 0 Å². The Morgan fingerprint density at radius 3 is 2.79 bits per heavy atom. The van der Waals surface area contributed by atoms with Gasteiger partial charge in [-0.3, -0.25) is 4.90 Å². The van der Waals surface area contributed by atoms with E-state index in [0.717, 1.165) is 13.1 Å². The molecule has 2 aromatic rings. The third-order valence-electron chi connectivity index (χ3n) is 4.97. The molecule has 1 heterocycles. The third kappa shape index (κ3) is 3.29. The SMILES string of the molecule is C=CC(=C)OCC1c2ccccc2CN1Cc1cccc(C)c1C. The second-order valence-corrected chi connectivity index (χ2v) is 6.46. The Bertz CT molecular complexity index is 762. The molecule has 1 atom stereocenters. The third-order valence-corrected chi connectivity index (χ3v) is 4.97. The minimum Gasteiger partial charge on any atom is -0.492 e. The Morgan fingerprint density at radius 1 is 1.21 bits per heavy atom. The average molecular weight is 319 g/mol. The quantitative estimate of drug-likeness (QED) is 0.544. The van der Waals surface area contributed by atoms with Crippen LogP contribution in [0.25, 0.3) is 0 Å². The van der Waals surface area contributed by atoms with Crippen LogP contribution in [0.15, 0.2) is 67.5 Å². The lowest BCUT2D eigenvalue weighted by Gasteiger charge is -2.26. The Balaban J connectivity index is 1.84. The molecule has 0 N–H and O–H groups in total. The van der Waals surface area contributed by atoms with Crippen LogP contribution in [0, 0.1) is 13.8 Å². The summed E-state index contributed by atoms with van der Waals surface area (Å²) in [7, 11) is 0. The van der Waals surface area contributed by atoms with Gasteiger partial charge in [-0.05, 0) is 47.7 Å².